The molecular formula is C15H15ClN2OS. The van der Waals surface area contributed by atoms with Crippen LogP contribution >= 0.6 is 22.9 Å². The molecule has 0 saturated carbocycles. The Balaban J connectivity index is 1.87. The Labute approximate surface area is 126 Å². The molecule has 0 fully saturated rings. The maximum atomic E-state index is 12.4. The van der Waals surface area contributed by atoms with E-state index in [2.05, 4.69) is 5.32 Å². The second kappa shape index (κ2) is 5.46. The van der Waals surface area contributed by atoms with E-state index < -0.39 is 0 Å². The summed E-state index contributed by atoms with van der Waals surface area (Å²) in [6.07, 6.45) is 4.31. The van der Waals surface area contributed by atoms with Gasteiger partial charge in [0.2, 0.25) is 0 Å². The zero-order chi connectivity index (χ0) is 14.1. The molecule has 0 atom stereocenters. The van der Waals surface area contributed by atoms with Gasteiger partial charge in [0.15, 0.2) is 0 Å². The highest BCUT2D eigenvalue weighted by Crippen LogP contribution is 2.36. The molecule has 0 radical (unpaired) electrons. The summed E-state index contributed by atoms with van der Waals surface area (Å²) in [7, 11) is 0. The number of nitrogens with two attached hydrogens (primary N) is 1. The van der Waals surface area contributed by atoms with Crippen LogP contribution in [0.4, 0.5) is 10.7 Å². The largest absolute Gasteiger partial charge is 0.390 e. The van der Waals surface area contributed by atoms with Gasteiger partial charge in [-0.3, -0.25) is 4.79 Å². The predicted molar refractivity (Wildman–Crippen MR) is 84.8 cm³/mol. The molecule has 0 bridgehead atoms. The van der Waals surface area contributed by atoms with Crippen LogP contribution in [0.1, 0.15) is 33.6 Å². The summed E-state index contributed by atoms with van der Waals surface area (Å²) in [6.45, 7) is 0. The molecule has 5 heteroatoms. The Morgan fingerprint density at radius 1 is 1.20 bits per heavy atom. The zero-order valence-corrected chi connectivity index (χ0v) is 12.5. The van der Waals surface area contributed by atoms with Crippen molar-refractivity contribution in [3.8, 4) is 0 Å². The Bertz CT molecular complexity index is 649. The van der Waals surface area contributed by atoms with Crippen LogP contribution in [0.3, 0.4) is 0 Å². The van der Waals surface area contributed by atoms with E-state index in [1.807, 2.05) is 0 Å². The molecule has 0 spiro atoms. The van der Waals surface area contributed by atoms with E-state index in [-0.39, 0.29) is 5.91 Å². The van der Waals surface area contributed by atoms with Gasteiger partial charge in [-0.15, -0.1) is 11.3 Å². The van der Waals surface area contributed by atoms with Crippen molar-refractivity contribution in [3.63, 3.8) is 0 Å². The number of carbonyl (C=O) groups excluding carboxylic acids is 1. The number of thiophene rings is 1. The fourth-order valence-corrected chi connectivity index (χ4v) is 3.85. The molecule has 1 aromatic carbocycles. The number of nitrogen functional groups attached to an aromatic ring is 1. The fraction of sp³-hybridized carbons (Fsp3) is 0.267. The van der Waals surface area contributed by atoms with Crippen LogP contribution in [0.25, 0.3) is 0 Å². The van der Waals surface area contributed by atoms with Crippen molar-refractivity contribution in [1.29, 1.82) is 0 Å². The third kappa shape index (κ3) is 2.53. The molecule has 1 heterocycles. The monoisotopic (exact) mass is 306 g/mol. The number of benzene rings is 1. The average Bonchev–Trinajstić information content (AvgIpc) is 2.77. The van der Waals surface area contributed by atoms with Crippen molar-refractivity contribution in [1.82, 2.24) is 0 Å². The number of rotatable bonds is 2. The summed E-state index contributed by atoms with van der Waals surface area (Å²) < 4.78 is 0. The van der Waals surface area contributed by atoms with Gasteiger partial charge in [0.05, 0.1) is 10.6 Å². The first-order chi connectivity index (χ1) is 9.65. The zero-order valence-electron chi connectivity index (χ0n) is 10.9. The highest BCUT2D eigenvalue weighted by atomic mass is 35.5. The van der Waals surface area contributed by atoms with Crippen LogP contribution < -0.4 is 11.1 Å². The van der Waals surface area contributed by atoms with Gasteiger partial charge >= 0.3 is 0 Å². The van der Waals surface area contributed by atoms with Crippen molar-refractivity contribution in [2.24, 2.45) is 0 Å². The van der Waals surface area contributed by atoms with Crippen LogP contribution in [0.2, 0.25) is 5.02 Å². The van der Waals surface area contributed by atoms with E-state index in [9.17, 15) is 4.79 Å². The van der Waals surface area contributed by atoms with Crippen molar-refractivity contribution in [3.05, 3.63) is 45.3 Å². The Kier molecular flexibility index (Phi) is 3.68. The third-order valence-electron chi connectivity index (χ3n) is 3.53. The lowest BCUT2D eigenvalue weighted by molar-refractivity contribution is 0.102. The summed E-state index contributed by atoms with van der Waals surface area (Å²) in [6, 6.07) is 7.08. The third-order valence-corrected chi connectivity index (χ3v) is 4.90. The molecule has 1 aliphatic rings. The van der Waals surface area contributed by atoms with Crippen molar-refractivity contribution in [2.75, 3.05) is 11.1 Å². The quantitative estimate of drug-likeness (QED) is 0.877. The number of aryl methyl sites for hydroxylation is 1. The number of amides is 1. The van der Waals surface area contributed by atoms with Crippen molar-refractivity contribution < 1.29 is 4.79 Å². The Morgan fingerprint density at radius 3 is 2.65 bits per heavy atom. The second-order valence-electron chi connectivity index (χ2n) is 4.91. The first kappa shape index (κ1) is 13.5. The minimum Gasteiger partial charge on any atom is -0.390 e. The predicted octanol–water partition coefficient (Wildman–Crippen LogP) is 4.11. The molecule has 0 aliphatic heterocycles. The van der Waals surface area contributed by atoms with Gasteiger partial charge in [0, 0.05) is 15.6 Å². The van der Waals surface area contributed by atoms with Crippen LogP contribution in [-0.2, 0) is 12.8 Å². The second-order valence-corrected chi connectivity index (χ2v) is 6.48. The van der Waals surface area contributed by atoms with E-state index in [4.69, 9.17) is 17.3 Å². The maximum absolute atomic E-state index is 12.4. The summed E-state index contributed by atoms with van der Waals surface area (Å²) in [5.41, 5.74) is 8.58. The lowest BCUT2D eigenvalue weighted by Crippen LogP contribution is -2.15. The number of nitrogens with one attached hydrogen (secondary N) is 1. The lowest BCUT2D eigenvalue weighted by Gasteiger charge is -2.12. The molecule has 104 valence electrons. The molecule has 3 rings (SSSR count). The van der Waals surface area contributed by atoms with Gasteiger partial charge in [-0.2, -0.15) is 0 Å². The molecule has 3 nitrogen and oxygen atoms in total. The van der Waals surface area contributed by atoms with Crippen molar-refractivity contribution >= 4 is 39.5 Å². The van der Waals surface area contributed by atoms with Crippen LogP contribution in [0, 0.1) is 0 Å². The highest BCUT2D eigenvalue weighted by molar-refractivity contribution is 7.16. The molecule has 3 N–H and O–H groups in total. The van der Waals surface area contributed by atoms with E-state index >= 15 is 0 Å². The number of hydrogen-bond acceptors (Lipinski definition) is 3. The van der Waals surface area contributed by atoms with Gasteiger partial charge in [-0.25, -0.2) is 0 Å². The average molecular weight is 307 g/mol. The first-order valence-corrected chi connectivity index (χ1v) is 7.81. The SMILES string of the molecule is Nc1sc2c(c1C(=O)Nc1ccc(Cl)cc1)CCCC2. The molecule has 0 unspecified atom stereocenters. The molecule has 1 aliphatic carbocycles. The summed E-state index contributed by atoms with van der Waals surface area (Å²) in [5, 5.41) is 4.17. The summed E-state index contributed by atoms with van der Waals surface area (Å²) in [5.74, 6) is -0.121. The standard InChI is InChI=1S/C15H15ClN2OS/c16-9-5-7-10(8-6-9)18-15(19)13-11-3-1-2-4-12(11)20-14(13)17/h5-8H,1-4,17H2,(H,18,19). The minimum absolute atomic E-state index is 0.121. The maximum Gasteiger partial charge on any atom is 0.258 e. The first-order valence-electron chi connectivity index (χ1n) is 6.62. The normalized spacial score (nSPS) is 13.8. The van der Waals surface area contributed by atoms with Gasteiger partial charge in [0.25, 0.3) is 5.91 Å². The van der Waals surface area contributed by atoms with E-state index in [0.29, 0.717) is 15.6 Å². The van der Waals surface area contributed by atoms with Crippen LogP contribution in [0.5, 0.6) is 0 Å². The van der Waals surface area contributed by atoms with Gasteiger partial charge < -0.3 is 11.1 Å². The number of carbonyl (C=O) groups is 1. The van der Waals surface area contributed by atoms with Crippen LogP contribution in [-0.4, -0.2) is 5.91 Å². The smallest absolute Gasteiger partial charge is 0.258 e. The molecule has 20 heavy (non-hydrogen) atoms. The van der Waals surface area contributed by atoms with Gasteiger partial charge in [-0.05, 0) is 55.5 Å². The number of fused-ring (bicyclic) bond motifs is 1. The van der Waals surface area contributed by atoms with Gasteiger partial charge in [-0.1, -0.05) is 11.6 Å². The lowest BCUT2D eigenvalue weighted by atomic mass is 9.95. The van der Waals surface area contributed by atoms with E-state index in [1.54, 1.807) is 35.6 Å². The van der Waals surface area contributed by atoms with E-state index in [0.717, 1.165) is 30.5 Å². The summed E-state index contributed by atoms with van der Waals surface area (Å²) in [4.78, 5) is 13.7. The summed E-state index contributed by atoms with van der Waals surface area (Å²) >= 11 is 7.39. The number of hydrogen-bond donors (Lipinski definition) is 2. The number of halogens is 1. The fourth-order valence-electron chi connectivity index (χ4n) is 2.56. The van der Waals surface area contributed by atoms with Crippen molar-refractivity contribution in [2.45, 2.75) is 25.7 Å². The van der Waals surface area contributed by atoms with Gasteiger partial charge in [0.1, 0.15) is 0 Å². The molecule has 2 aromatic rings. The van der Waals surface area contributed by atoms with E-state index in [1.165, 1.54) is 11.3 Å². The topological polar surface area (TPSA) is 55.1 Å². The van der Waals surface area contributed by atoms with Crippen LogP contribution in [0.15, 0.2) is 24.3 Å². The highest BCUT2D eigenvalue weighted by Gasteiger charge is 2.23. The Hall–Kier alpha value is -1.52. The minimum atomic E-state index is -0.121. The number of anilines is 2. The Morgan fingerprint density at radius 2 is 1.90 bits per heavy atom. The molecular weight excluding hydrogens is 292 g/mol. The molecule has 1 aromatic heterocycles. The molecule has 0 saturated heterocycles. The molecule has 1 amide bonds.